The number of anilines is 1. The van der Waals surface area contributed by atoms with E-state index in [1.54, 1.807) is 24.3 Å². The molecule has 7 nitrogen and oxygen atoms in total. The number of carbonyl (C=O) groups is 2. The lowest BCUT2D eigenvalue weighted by atomic mass is 10.1. The van der Waals surface area contributed by atoms with Gasteiger partial charge in [-0.15, -0.1) is 0 Å². The highest BCUT2D eigenvalue weighted by molar-refractivity contribution is 6.30. The first-order chi connectivity index (χ1) is 18.5. The second kappa shape index (κ2) is 11.5. The minimum Gasteiger partial charge on any atom is -0.449 e. The van der Waals surface area contributed by atoms with E-state index >= 15 is 0 Å². The maximum atomic E-state index is 13.5. The third kappa shape index (κ3) is 6.06. The van der Waals surface area contributed by atoms with Crippen LogP contribution in [0.15, 0.2) is 90.3 Å². The van der Waals surface area contributed by atoms with E-state index in [0.29, 0.717) is 48.3 Å². The van der Waals surface area contributed by atoms with Crippen LogP contribution in [0.4, 0.5) is 5.69 Å². The first kappa shape index (κ1) is 25.5. The number of benzene rings is 3. The molecular formula is C30H29ClN4O3. The molecule has 0 unspecified atom stereocenters. The molecule has 38 heavy (non-hydrogen) atoms. The van der Waals surface area contributed by atoms with Crippen molar-refractivity contribution in [3.8, 4) is 16.9 Å². The zero-order chi connectivity index (χ0) is 26.5. The standard InChI is InChI=1S/C30H29ClN4O3/c31-24-10-12-25(13-11-24)33-29(36)28(38-26-14-8-22(9-15-26)21-4-2-1-3-5-21)27(20-32)34-16-18-35(19-17-34)30(37)23-6-7-23/h1-5,8-15,20,23,32H,6-7,16-19H2,(H,33,36)/b28-27-,32-20?. The van der Waals surface area contributed by atoms with Crippen LogP contribution in [0, 0.1) is 11.3 Å². The lowest BCUT2D eigenvalue weighted by molar-refractivity contribution is -0.134. The van der Waals surface area contributed by atoms with Crippen LogP contribution in [-0.4, -0.2) is 54.0 Å². The summed E-state index contributed by atoms with van der Waals surface area (Å²) in [6.45, 7) is 2.11. The first-order valence-electron chi connectivity index (χ1n) is 12.7. The van der Waals surface area contributed by atoms with Crippen LogP contribution in [0.5, 0.6) is 5.75 Å². The largest absolute Gasteiger partial charge is 0.449 e. The van der Waals surface area contributed by atoms with Crippen LogP contribution in [0.1, 0.15) is 12.8 Å². The molecular weight excluding hydrogens is 500 g/mol. The van der Waals surface area contributed by atoms with E-state index in [0.717, 1.165) is 30.2 Å². The number of halogens is 1. The van der Waals surface area contributed by atoms with Crippen molar-refractivity contribution in [3.05, 3.63) is 95.3 Å². The van der Waals surface area contributed by atoms with Crippen LogP contribution in [0.25, 0.3) is 11.1 Å². The quantitative estimate of drug-likeness (QED) is 0.231. The van der Waals surface area contributed by atoms with Gasteiger partial charge in [0.15, 0.2) is 0 Å². The Morgan fingerprint density at radius 1 is 0.842 bits per heavy atom. The molecule has 8 heteroatoms. The number of amides is 2. The molecule has 2 amide bonds. The zero-order valence-electron chi connectivity index (χ0n) is 20.9. The summed E-state index contributed by atoms with van der Waals surface area (Å²) >= 11 is 6.00. The highest BCUT2D eigenvalue weighted by Gasteiger charge is 2.35. The third-order valence-electron chi connectivity index (χ3n) is 6.72. The molecule has 3 aromatic rings. The third-order valence-corrected chi connectivity index (χ3v) is 6.97. The molecule has 2 aliphatic rings. The molecule has 1 heterocycles. The molecule has 0 bridgehead atoms. The minimum atomic E-state index is -0.477. The van der Waals surface area contributed by atoms with Crippen molar-refractivity contribution in [2.45, 2.75) is 12.8 Å². The molecule has 2 N–H and O–H groups in total. The molecule has 1 aliphatic heterocycles. The van der Waals surface area contributed by atoms with Crippen molar-refractivity contribution in [3.63, 3.8) is 0 Å². The number of piperazine rings is 1. The average Bonchev–Trinajstić information content (AvgIpc) is 3.81. The van der Waals surface area contributed by atoms with E-state index in [4.69, 9.17) is 21.7 Å². The molecule has 2 fully saturated rings. The fraction of sp³-hybridized carbons (Fsp3) is 0.233. The smallest absolute Gasteiger partial charge is 0.293 e. The average molecular weight is 529 g/mol. The molecule has 0 spiro atoms. The number of ether oxygens (including phenoxy) is 1. The number of carbonyl (C=O) groups excluding carboxylic acids is 2. The molecule has 194 valence electrons. The summed E-state index contributed by atoms with van der Waals surface area (Å²) in [4.78, 5) is 29.8. The van der Waals surface area contributed by atoms with Gasteiger partial charge in [0.25, 0.3) is 5.91 Å². The van der Waals surface area contributed by atoms with Crippen molar-refractivity contribution in [2.24, 2.45) is 5.92 Å². The Labute approximate surface area is 227 Å². The first-order valence-corrected chi connectivity index (χ1v) is 13.1. The number of nitrogens with one attached hydrogen (secondary N) is 2. The summed E-state index contributed by atoms with van der Waals surface area (Å²) in [7, 11) is 0. The van der Waals surface area contributed by atoms with Gasteiger partial charge in [0.1, 0.15) is 11.4 Å². The Balaban J connectivity index is 1.39. The van der Waals surface area contributed by atoms with E-state index in [2.05, 4.69) is 5.32 Å². The second-order valence-electron chi connectivity index (χ2n) is 9.40. The number of nitrogens with zero attached hydrogens (tertiary/aromatic N) is 2. The Hall–Kier alpha value is -4.10. The highest BCUT2D eigenvalue weighted by Crippen LogP contribution is 2.31. The van der Waals surface area contributed by atoms with E-state index in [1.807, 2.05) is 64.4 Å². The van der Waals surface area contributed by atoms with Gasteiger partial charge < -0.3 is 25.3 Å². The Kier molecular flexibility index (Phi) is 7.75. The second-order valence-corrected chi connectivity index (χ2v) is 9.84. The van der Waals surface area contributed by atoms with Crippen LogP contribution in [0.3, 0.4) is 0 Å². The van der Waals surface area contributed by atoms with Gasteiger partial charge in [-0.3, -0.25) is 9.59 Å². The van der Waals surface area contributed by atoms with Gasteiger partial charge in [0.05, 0.1) is 0 Å². The molecule has 1 saturated heterocycles. The fourth-order valence-electron chi connectivity index (χ4n) is 4.46. The van der Waals surface area contributed by atoms with Gasteiger partial charge in [-0.05, 0) is 60.4 Å². The summed E-state index contributed by atoms with van der Waals surface area (Å²) in [6, 6.07) is 24.3. The van der Waals surface area contributed by atoms with Gasteiger partial charge in [-0.1, -0.05) is 54.1 Å². The van der Waals surface area contributed by atoms with Crippen LogP contribution >= 0.6 is 11.6 Å². The molecule has 0 radical (unpaired) electrons. The van der Waals surface area contributed by atoms with E-state index in [1.165, 1.54) is 0 Å². The number of rotatable bonds is 8. The molecule has 1 saturated carbocycles. The summed E-state index contributed by atoms with van der Waals surface area (Å²) in [5, 5.41) is 11.6. The maximum absolute atomic E-state index is 13.5. The Morgan fingerprint density at radius 2 is 1.45 bits per heavy atom. The lowest BCUT2D eigenvalue weighted by Crippen LogP contribution is -2.49. The van der Waals surface area contributed by atoms with Crippen molar-refractivity contribution in [1.29, 1.82) is 5.41 Å². The molecule has 1 aliphatic carbocycles. The van der Waals surface area contributed by atoms with Crippen molar-refractivity contribution in [1.82, 2.24) is 9.80 Å². The van der Waals surface area contributed by atoms with Crippen molar-refractivity contribution in [2.75, 3.05) is 31.5 Å². The summed E-state index contributed by atoms with van der Waals surface area (Å²) in [6.07, 6.45) is 3.08. The van der Waals surface area contributed by atoms with Crippen LogP contribution < -0.4 is 10.1 Å². The van der Waals surface area contributed by atoms with Gasteiger partial charge in [0.2, 0.25) is 11.7 Å². The predicted molar refractivity (Wildman–Crippen MR) is 149 cm³/mol. The molecule has 0 aromatic heterocycles. The normalized spacial score (nSPS) is 15.9. The highest BCUT2D eigenvalue weighted by atomic mass is 35.5. The van der Waals surface area contributed by atoms with Crippen LogP contribution in [-0.2, 0) is 9.59 Å². The number of hydrogen-bond acceptors (Lipinski definition) is 5. The van der Waals surface area contributed by atoms with Crippen molar-refractivity contribution < 1.29 is 14.3 Å². The van der Waals surface area contributed by atoms with E-state index in [-0.39, 0.29) is 17.6 Å². The summed E-state index contributed by atoms with van der Waals surface area (Å²) in [5.41, 5.74) is 3.03. The fourth-order valence-corrected chi connectivity index (χ4v) is 4.58. The minimum absolute atomic E-state index is 0.0179. The predicted octanol–water partition coefficient (Wildman–Crippen LogP) is 5.44. The SMILES string of the molecule is N=C/C(=C(/Oc1ccc(-c2ccccc2)cc1)C(=O)Nc1ccc(Cl)cc1)N1CCN(C(=O)C2CC2)CC1. The van der Waals surface area contributed by atoms with Crippen molar-refractivity contribution >= 4 is 35.3 Å². The van der Waals surface area contributed by atoms with Gasteiger partial charge in [0, 0.05) is 49.0 Å². The van der Waals surface area contributed by atoms with Gasteiger partial charge >= 0.3 is 0 Å². The number of hydrogen-bond donors (Lipinski definition) is 2. The maximum Gasteiger partial charge on any atom is 0.293 e. The topological polar surface area (TPSA) is 85.7 Å². The molecule has 5 rings (SSSR count). The van der Waals surface area contributed by atoms with Gasteiger partial charge in [-0.2, -0.15) is 0 Å². The molecule has 3 aromatic carbocycles. The monoisotopic (exact) mass is 528 g/mol. The van der Waals surface area contributed by atoms with E-state index in [9.17, 15) is 9.59 Å². The number of allylic oxidation sites excluding steroid dienone is 1. The zero-order valence-corrected chi connectivity index (χ0v) is 21.7. The Bertz CT molecular complexity index is 1330. The Morgan fingerprint density at radius 3 is 2.05 bits per heavy atom. The summed E-state index contributed by atoms with van der Waals surface area (Å²) in [5.74, 6) is 0.398. The lowest BCUT2D eigenvalue weighted by Gasteiger charge is -2.36. The van der Waals surface area contributed by atoms with Gasteiger partial charge in [-0.25, -0.2) is 0 Å². The van der Waals surface area contributed by atoms with E-state index < -0.39 is 5.91 Å². The summed E-state index contributed by atoms with van der Waals surface area (Å²) < 4.78 is 6.16. The molecule has 0 atom stereocenters. The van der Waals surface area contributed by atoms with Crippen LogP contribution in [0.2, 0.25) is 5.02 Å².